The van der Waals surface area contributed by atoms with E-state index in [9.17, 15) is 18.4 Å². The van der Waals surface area contributed by atoms with Crippen LogP contribution in [-0.4, -0.2) is 63.0 Å². The number of piperidine rings is 2. The summed E-state index contributed by atoms with van der Waals surface area (Å²) in [4.78, 5) is 33.7. The third-order valence-corrected chi connectivity index (χ3v) is 6.95. The number of benzene rings is 1. The first kappa shape index (κ1) is 21.0. The molecule has 1 aromatic carbocycles. The number of nitrogens with zero attached hydrogens (tertiary/aromatic N) is 4. The van der Waals surface area contributed by atoms with Crippen molar-refractivity contribution in [1.29, 1.82) is 0 Å². The number of nitrogens with one attached hydrogen (secondary N) is 1. The first-order chi connectivity index (χ1) is 15.5. The Morgan fingerprint density at radius 1 is 0.906 bits per heavy atom. The van der Waals surface area contributed by atoms with Gasteiger partial charge in [-0.1, -0.05) is 0 Å². The van der Waals surface area contributed by atoms with Crippen LogP contribution in [0.15, 0.2) is 18.2 Å². The molecule has 1 aliphatic carbocycles. The maximum absolute atomic E-state index is 13.9. The largest absolute Gasteiger partial charge is 0.342 e. The highest BCUT2D eigenvalue weighted by Gasteiger charge is 2.34. The lowest BCUT2D eigenvalue weighted by Crippen LogP contribution is -2.46. The summed E-state index contributed by atoms with van der Waals surface area (Å²) in [5, 5.41) is 7.43. The third-order valence-electron chi connectivity index (χ3n) is 6.95. The van der Waals surface area contributed by atoms with E-state index in [1.165, 1.54) is 18.9 Å². The third kappa shape index (κ3) is 4.25. The van der Waals surface area contributed by atoms with Crippen LogP contribution in [0.5, 0.6) is 0 Å². The second-order valence-corrected chi connectivity index (χ2v) is 9.14. The molecule has 1 N–H and O–H groups in total. The summed E-state index contributed by atoms with van der Waals surface area (Å²) < 4.78 is 27.1. The van der Waals surface area contributed by atoms with Crippen LogP contribution in [0.25, 0.3) is 0 Å². The number of hydrogen-bond donors (Lipinski definition) is 1. The van der Waals surface area contributed by atoms with Gasteiger partial charge in [-0.2, -0.15) is 5.10 Å². The van der Waals surface area contributed by atoms with Gasteiger partial charge in [-0.3, -0.25) is 14.7 Å². The van der Waals surface area contributed by atoms with Gasteiger partial charge in [-0.25, -0.2) is 13.8 Å². The van der Waals surface area contributed by atoms with E-state index in [1.54, 1.807) is 4.90 Å². The lowest BCUT2D eigenvalue weighted by Gasteiger charge is -2.37. The standard InChI is InChI=1S/C23H27F2N5O2/c24-17-3-4-18(19(25)13-17)23(32)30-11-7-16(8-12-30)22(31)29-9-5-15(6-10-29)21-26-20(27-28-21)14-1-2-14/h3-4,13-16H,1-2,5-12H2,(H,26,27,28). The smallest absolute Gasteiger partial charge is 0.256 e. The van der Waals surface area contributed by atoms with Gasteiger partial charge in [0.25, 0.3) is 5.91 Å². The van der Waals surface area contributed by atoms with Gasteiger partial charge >= 0.3 is 0 Å². The summed E-state index contributed by atoms with van der Waals surface area (Å²) in [6.07, 6.45) is 5.19. The van der Waals surface area contributed by atoms with E-state index in [-0.39, 0.29) is 17.4 Å². The van der Waals surface area contributed by atoms with E-state index in [2.05, 4.69) is 15.2 Å². The molecule has 0 radical (unpaired) electrons. The Kier molecular flexibility index (Phi) is 5.65. The number of carbonyl (C=O) groups excluding carboxylic acids is 2. The van der Waals surface area contributed by atoms with Crippen LogP contribution in [0.1, 0.15) is 72.4 Å². The number of aromatic nitrogens is 3. The maximum Gasteiger partial charge on any atom is 0.256 e. The molecule has 2 amide bonds. The lowest BCUT2D eigenvalue weighted by molar-refractivity contribution is -0.138. The van der Waals surface area contributed by atoms with Crippen molar-refractivity contribution in [3.8, 4) is 0 Å². The first-order valence-corrected chi connectivity index (χ1v) is 11.4. The van der Waals surface area contributed by atoms with Crippen LogP contribution < -0.4 is 0 Å². The molecule has 5 rings (SSSR count). The van der Waals surface area contributed by atoms with Crippen LogP contribution >= 0.6 is 0 Å². The van der Waals surface area contributed by atoms with Crippen molar-refractivity contribution in [2.45, 2.75) is 50.4 Å². The number of rotatable bonds is 4. The van der Waals surface area contributed by atoms with E-state index in [0.29, 0.717) is 50.9 Å². The van der Waals surface area contributed by atoms with Crippen LogP contribution in [-0.2, 0) is 4.79 Å². The topological polar surface area (TPSA) is 82.2 Å². The van der Waals surface area contributed by atoms with E-state index in [0.717, 1.165) is 36.6 Å². The molecule has 2 aliphatic heterocycles. The average Bonchev–Trinajstić information content (AvgIpc) is 3.55. The Morgan fingerprint density at radius 2 is 1.59 bits per heavy atom. The van der Waals surface area contributed by atoms with Crippen molar-refractivity contribution in [2.75, 3.05) is 26.2 Å². The minimum atomic E-state index is -0.855. The molecule has 0 atom stereocenters. The fourth-order valence-electron chi connectivity index (χ4n) is 4.79. The minimum Gasteiger partial charge on any atom is -0.342 e. The Balaban J connectivity index is 1.12. The number of hydrogen-bond acceptors (Lipinski definition) is 4. The zero-order valence-electron chi connectivity index (χ0n) is 17.9. The Morgan fingerprint density at radius 3 is 2.25 bits per heavy atom. The predicted molar refractivity (Wildman–Crippen MR) is 112 cm³/mol. The molecule has 0 unspecified atom stereocenters. The zero-order valence-corrected chi connectivity index (χ0v) is 17.9. The molecule has 3 heterocycles. The number of carbonyl (C=O) groups is 2. The quantitative estimate of drug-likeness (QED) is 0.787. The first-order valence-electron chi connectivity index (χ1n) is 11.4. The van der Waals surface area contributed by atoms with Crippen molar-refractivity contribution < 1.29 is 18.4 Å². The van der Waals surface area contributed by atoms with Gasteiger partial charge in [0.05, 0.1) is 5.56 Å². The number of H-pyrrole nitrogens is 1. The molecule has 9 heteroatoms. The molecule has 3 fully saturated rings. The van der Waals surface area contributed by atoms with E-state index in [4.69, 9.17) is 0 Å². The molecule has 3 aliphatic rings. The summed E-state index contributed by atoms with van der Waals surface area (Å²) in [6, 6.07) is 2.98. The second kappa shape index (κ2) is 8.60. The molecular weight excluding hydrogens is 416 g/mol. The van der Waals surface area contributed by atoms with Crippen molar-refractivity contribution in [3.63, 3.8) is 0 Å². The normalized spacial score (nSPS) is 20.6. The van der Waals surface area contributed by atoms with Gasteiger partial charge in [0, 0.05) is 50.0 Å². The fraction of sp³-hybridized carbons (Fsp3) is 0.565. The zero-order chi connectivity index (χ0) is 22.2. The average molecular weight is 443 g/mol. The highest BCUT2D eigenvalue weighted by molar-refractivity contribution is 5.94. The number of halogens is 2. The van der Waals surface area contributed by atoms with E-state index < -0.39 is 17.5 Å². The van der Waals surface area contributed by atoms with E-state index >= 15 is 0 Å². The van der Waals surface area contributed by atoms with Crippen molar-refractivity contribution in [3.05, 3.63) is 47.0 Å². The molecule has 0 spiro atoms. The minimum absolute atomic E-state index is 0.125. The Labute approximate surface area is 185 Å². The molecule has 7 nitrogen and oxygen atoms in total. The van der Waals surface area contributed by atoms with Gasteiger partial charge in [-0.15, -0.1) is 0 Å². The van der Waals surface area contributed by atoms with Gasteiger partial charge < -0.3 is 9.80 Å². The fourth-order valence-corrected chi connectivity index (χ4v) is 4.79. The Hall–Kier alpha value is -2.84. The van der Waals surface area contributed by atoms with Crippen molar-refractivity contribution >= 4 is 11.8 Å². The Bertz CT molecular complexity index is 1010. The summed E-state index contributed by atoms with van der Waals surface area (Å²) in [5.74, 6) is 0.708. The molecule has 0 bridgehead atoms. The van der Waals surface area contributed by atoms with Crippen molar-refractivity contribution in [2.24, 2.45) is 5.92 Å². The molecular formula is C23H27F2N5O2. The molecule has 2 aromatic rings. The van der Waals surface area contributed by atoms with Gasteiger partial charge in [0.1, 0.15) is 17.5 Å². The van der Waals surface area contributed by atoms with Crippen LogP contribution in [0.2, 0.25) is 0 Å². The van der Waals surface area contributed by atoms with Crippen LogP contribution in [0.3, 0.4) is 0 Å². The number of amides is 2. The molecule has 32 heavy (non-hydrogen) atoms. The highest BCUT2D eigenvalue weighted by Crippen LogP contribution is 2.38. The van der Waals surface area contributed by atoms with Crippen LogP contribution in [0.4, 0.5) is 8.78 Å². The monoisotopic (exact) mass is 443 g/mol. The molecule has 170 valence electrons. The maximum atomic E-state index is 13.9. The number of likely N-dealkylation sites (tertiary alicyclic amines) is 2. The molecule has 1 saturated carbocycles. The summed E-state index contributed by atoms with van der Waals surface area (Å²) in [5.41, 5.74) is -0.129. The van der Waals surface area contributed by atoms with Gasteiger partial charge in [-0.05, 0) is 50.7 Å². The van der Waals surface area contributed by atoms with E-state index in [1.807, 2.05) is 4.90 Å². The summed E-state index contributed by atoms with van der Waals surface area (Å²) >= 11 is 0. The van der Waals surface area contributed by atoms with Gasteiger partial charge in [0.2, 0.25) is 5.91 Å². The number of aromatic amines is 1. The summed E-state index contributed by atoms with van der Waals surface area (Å²) in [6.45, 7) is 2.18. The highest BCUT2D eigenvalue weighted by atomic mass is 19.1. The molecule has 1 aromatic heterocycles. The molecule has 2 saturated heterocycles. The van der Waals surface area contributed by atoms with Crippen molar-refractivity contribution in [1.82, 2.24) is 25.0 Å². The SMILES string of the molecule is O=C(c1ccc(F)cc1F)N1CCC(C(=O)N2CCC(c3nc(C4CC4)n[nH]3)CC2)CC1. The summed E-state index contributed by atoms with van der Waals surface area (Å²) in [7, 11) is 0. The lowest BCUT2D eigenvalue weighted by atomic mass is 9.91. The predicted octanol–water partition coefficient (Wildman–Crippen LogP) is 3.22. The van der Waals surface area contributed by atoms with Crippen LogP contribution in [0, 0.1) is 17.6 Å². The van der Waals surface area contributed by atoms with Gasteiger partial charge in [0.15, 0.2) is 5.82 Å². The second-order valence-electron chi connectivity index (χ2n) is 9.14.